The molecule has 2 fully saturated rings. The number of hydrogen-bond donors (Lipinski definition) is 3. The van der Waals surface area contributed by atoms with Crippen LogP contribution in [0.3, 0.4) is 0 Å². The van der Waals surface area contributed by atoms with Crippen molar-refractivity contribution in [2.24, 2.45) is 5.41 Å². The molecule has 0 spiro atoms. The molecule has 2 aromatic rings. The molecule has 1 aliphatic carbocycles. The van der Waals surface area contributed by atoms with Gasteiger partial charge in [0.2, 0.25) is 11.7 Å². The Kier molecular flexibility index (Phi) is 7.43. The number of aromatic amines is 1. The van der Waals surface area contributed by atoms with Crippen molar-refractivity contribution in [2.45, 2.75) is 64.5 Å². The average Bonchev–Trinajstić information content (AvgIpc) is 3.44. The van der Waals surface area contributed by atoms with Crippen LogP contribution in [-0.2, 0) is 4.79 Å². The second kappa shape index (κ2) is 10.8. The van der Waals surface area contributed by atoms with Gasteiger partial charge in [-0.25, -0.2) is 10.3 Å². The molecule has 1 saturated carbocycles. The molecule has 10 heteroatoms. The smallest absolute Gasteiger partial charge is 0.396 e. The van der Waals surface area contributed by atoms with Crippen LogP contribution in [0.4, 0.5) is 23.1 Å². The number of ether oxygens (including phenoxy) is 1. The van der Waals surface area contributed by atoms with Crippen molar-refractivity contribution < 1.29 is 19.3 Å². The Hall–Kier alpha value is -3.40. The van der Waals surface area contributed by atoms with E-state index in [9.17, 15) is 9.59 Å². The molecule has 3 heterocycles. The summed E-state index contributed by atoms with van der Waals surface area (Å²) in [5.74, 6) is 1.87. The number of hydrogen-bond acceptors (Lipinski definition) is 7. The number of benzene rings is 1. The number of amides is 2. The van der Waals surface area contributed by atoms with Crippen molar-refractivity contribution in [3.8, 4) is 5.75 Å². The molecule has 38 heavy (non-hydrogen) atoms. The lowest BCUT2D eigenvalue weighted by Gasteiger charge is -2.32. The molecule has 0 atom stereocenters. The Morgan fingerprint density at radius 2 is 1.92 bits per heavy atom. The second-order valence-corrected chi connectivity index (χ2v) is 11.3. The zero-order valence-corrected chi connectivity index (χ0v) is 22.9. The van der Waals surface area contributed by atoms with E-state index in [0.717, 1.165) is 50.3 Å². The van der Waals surface area contributed by atoms with Gasteiger partial charge >= 0.3 is 5.95 Å². The Balaban J connectivity index is 1.41. The number of carbonyl (C=O) groups is 2. The van der Waals surface area contributed by atoms with Crippen LogP contribution in [-0.4, -0.2) is 62.7 Å². The standard InChI is InChI=1S/C28H39N7O3/c1-28(2)17-35(20-7-5-6-8-20)24-22(34(3)26(28)37)16-30-27(33-24)32-21-10-9-18(15-23(21)38-4)25(36)31-19-11-13-29-14-12-19/h9-10,15-16,19-20,29H,5-8,11-14,17H2,1-4H3,(H,31,36)(H,30,32,33)/p+1. The van der Waals surface area contributed by atoms with E-state index in [0.29, 0.717) is 35.5 Å². The van der Waals surface area contributed by atoms with Crippen molar-refractivity contribution in [3.05, 3.63) is 30.0 Å². The van der Waals surface area contributed by atoms with Crippen LogP contribution in [0, 0.1) is 5.41 Å². The fourth-order valence-corrected chi connectivity index (χ4v) is 5.87. The largest absolute Gasteiger partial charge is 0.493 e. The van der Waals surface area contributed by atoms with Crippen LogP contribution in [0.2, 0.25) is 0 Å². The molecule has 204 valence electrons. The molecular weight excluding hydrogens is 482 g/mol. The van der Waals surface area contributed by atoms with E-state index in [-0.39, 0.29) is 17.9 Å². The van der Waals surface area contributed by atoms with Crippen LogP contribution in [0.5, 0.6) is 5.75 Å². The van der Waals surface area contributed by atoms with E-state index >= 15 is 0 Å². The highest BCUT2D eigenvalue weighted by Gasteiger charge is 2.43. The van der Waals surface area contributed by atoms with Gasteiger partial charge in [0.1, 0.15) is 11.4 Å². The summed E-state index contributed by atoms with van der Waals surface area (Å²) in [6.07, 6.45) is 8.30. The topological polar surface area (TPSA) is 113 Å². The highest BCUT2D eigenvalue weighted by Crippen LogP contribution is 2.40. The van der Waals surface area contributed by atoms with E-state index < -0.39 is 5.41 Å². The normalized spacial score (nSPS) is 20.2. The molecule has 1 aromatic carbocycles. The number of aromatic nitrogens is 2. The van der Waals surface area contributed by atoms with Crippen molar-refractivity contribution in [1.29, 1.82) is 0 Å². The summed E-state index contributed by atoms with van der Waals surface area (Å²) in [6, 6.07) is 5.93. The summed E-state index contributed by atoms with van der Waals surface area (Å²) in [6.45, 7) is 6.48. The first-order valence-corrected chi connectivity index (χ1v) is 13.7. The van der Waals surface area contributed by atoms with E-state index in [1.165, 1.54) is 12.8 Å². The molecule has 10 nitrogen and oxygen atoms in total. The van der Waals surface area contributed by atoms with E-state index in [2.05, 4.69) is 25.8 Å². The Bertz CT molecular complexity index is 1190. The summed E-state index contributed by atoms with van der Waals surface area (Å²) in [5, 5.41) is 9.78. The third kappa shape index (κ3) is 5.27. The number of carbonyl (C=O) groups excluding carboxylic acids is 2. The van der Waals surface area contributed by atoms with Gasteiger partial charge < -0.3 is 25.2 Å². The van der Waals surface area contributed by atoms with Crippen molar-refractivity contribution >= 4 is 35.0 Å². The quantitative estimate of drug-likeness (QED) is 0.535. The zero-order chi connectivity index (χ0) is 26.9. The lowest BCUT2D eigenvalue weighted by atomic mass is 9.91. The average molecular weight is 523 g/mol. The van der Waals surface area contributed by atoms with E-state index in [4.69, 9.17) is 9.72 Å². The maximum absolute atomic E-state index is 13.3. The minimum Gasteiger partial charge on any atom is -0.493 e. The number of H-pyrrole nitrogens is 1. The Morgan fingerprint density at radius 1 is 1.18 bits per heavy atom. The van der Waals surface area contributed by atoms with Gasteiger partial charge in [-0.1, -0.05) is 17.8 Å². The number of fused-ring (bicyclic) bond motifs is 1. The minimum atomic E-state index is -0.528. The summed E-state index contributed by atoms with van der Waals surface area (Å²) in [4.78, 5) is 38.3. The van der Waals surface area contributed by atoms with Crippen LogP contribution in [0.15, 0.2) is 24.4 Å². The summed E-state index contributed by atoms with van der Waals surface area (Å²) < 4.78 is 5.63. The predicted octanol–water partition coefficient (Wildman–Crippen LogP) is 2.88. The third-order valence-electron chi connectivity index (χ3n) is 8.03. The first-order chi connectivity index (χ1) is 18.3. The third-order valence-corrected chi connectivity index (χ3v) is 8.03. The van der Waals surface area contributed by atoms with Crippen molar-refractivity contribution in [3.63, 3.8) is 0 Å². The fraction of sp³-hybridized carbons (Fsp3) is 0.571. The predicted molar refractivity (Wildman–Crippen MR) is 147 cm³/mol. The summed E-state index contributed by atoms with van der Waals surface area (Å²) in [5.41, 5.74) is 1.49. The van der Waals surface area contributed by atoms with E-state index in [1.807, 2.05) is 33.2 Å². The number of rotatable bonds is 6. The van der Waals surface area contributed by atoms with Gasteiger partial charge in [-0.2, -0.15) is 0 Å². The molecule has 5 rings (SSSR count). The van der Waals surface area contributed by atoms with Gasteiger partial charge in [-0.3, -0.25) is 9.59 Å². The molecule has 1 saturated heterocycles. The molecular formula is C28H40N7O3+. The molecule has 0 bridgehead atoms. The van der Waals surface area contributed by atoms with Crippen LogP contribution >= 0.6 is 0 Å². The number of anilines is 4. The molecule has 0 unspecified atom stereocenters. The fourth-order valence-electron chi connectivity index (χ4n) is 5.87. The summed E-state index contributed by atoms with van der Waals surface area (Å²) >= 11 is 0. The van der Waals surface area contributed by atoms with Crippen LogP contribution in [0.25, 0.3) is 0 Å². The van der Waals surface area contributed by atoms with Crippen molar-refractivity contribution in [1.82, 2.24) is 15.6 Å². The second-order valence-electron chi connectivity index (χ2n) is 11.3. The van der Waals surface area contributed by atoms with Gasteiger partial charge in [-0.15, -0.1) is 0 Å². The lowest BCUT2D eigenvalue weighted by Crippen LogP contribution is -2.45. The lowest BCUT2D eigenvalue weighted by molar-refractivity contribution is -0.363. The van der Waals surface area contributed by atoms with Crippen molar-refractivity contribution in [2.75, 3.05) is 48.9 Å². The molecule has 3 aliphatic rings. The monoisotopic (exact) mass is 522 g/mol. The first-order valence-electron chi connectivity index (χ1n) is 13.7. The van der Waals surface area contributed by atoms with Gasteiger partial charge in [0.05, 0.1) is 18.7 Å². The molecule has 4 N–H and O–H groups in total. The number of piperidine rings is 1. The van der Waals surface area contributed by atoms with E-state index in [1.54, 1.807) is 24.1 Å². The minimum absolute atomic E-state index is 0.0789. The van der Waals surface area contributed by atoms with Crippen LogP contribution in [0.1, 0.15) is 62.7 Å². The molecule has 2 amide bonds. The van der Waals surface area contributed by atoms with Gasteiger partial charge in [0.25, 0.3) is 5.91 Å². The van der Waals surface area contributed by atoms with Gasteiger partial charge in [0, 0.05) is 31.2 Å². The maximum atomic E-state index is 13.3. The van der Waals surface area contributed by atoms with Gasteiger partial charge in [0.15, 0.2) is 5.75 Å². The SMILES string of the molecule is COc1cc(C(=O)NC2CCNCC2)ccc1Nc1nc2c(c[nH+]1)N(C)C(=O)C(C)(C)CN2C1CCCC1. The highest BCUT2D eigenvalue weighted by molar-refractivity contribution is 6.00. The first kappa shape index (κ1) is 26.2. The number of methoxy groups -OCH3 is 1. The summed E-state index contributed by atoms with van der Waals surface area (Å²) in [7, 11) is 3.41. The Labute approximate surface area is 224 Å². The number of nitrogens with one attached hydrogen (secondary N) is 4. The Morgan fingerprint density at radius 3 is 2.63 bits per heavy atom. The molecule has 1 aromatic heterocycles. The van der Waals surface area contributed by atoms with Gasteiger partial charge in [-0.05, 0) is 70.8 Å². The van der Waals surface area contributed by atoms with Crippen LogP contribution < -0.4 is 35.5 Å². The zero-order valence-electron chi connectivity index (χ0n) is 22.9. The molecule has 2 aliphatic heterocycles. The highest BCUT2D eigenvalue weighted by atomic mass is 16.5. The molecule has 0 radical (unpaired) electrons. The maximum Gasteiger partial charge on any atom is 0.396 e. The number of nitrogens with zero attached hydrogens (tertiary/aromatic N) is 3.